The second kappa shape index (κ2) is 8.53. The van der Waals surface area contributed by atoms with Crippen LogP contribution in [0.1, 0.15) is 18.2 Å². The molecular formula is C11H15BrClNO2. The Morgan fingerprint density at radius 2 is 2.19 bits per heavy atom. The van der Waals surface area contributed by atoms with E-state index in [-0.39, 0.29) is 12.4 Å². The molecule has 1 rings (SSSR count). The smallest absolute Gasteiger partial charge is 0.311 e. The minimum absolute atomic E-state index is 0.217. The molecule has 1 aromatic rings. The number of carbonyl (C=O) groups is 1. The molecule has 0 spiro atoms. The van der Waals surface area contributed by atoms with Gasteiger partial charge in [-0.3, -0.25) is 9.78 Å². The molecule has 0 aliphatic carbocycles. The van der Waals surface area contributed by atoms with Crippen molar-refractivity contribution in [3.63, 3.8) is 0 Å². The Morgan fingerprint density at radius 3 is 2.69 bits per heavy atom. The normalized spacial score (nSPS) is 9.06. The number of hydrogen-bond donors (Lipinski definition) is 0. The lowest BCUT2D eigenvalue weighted by atomic mass is 10.2. The van der Waals surface area contributed by atoms with Crippen LogP contribution < -0.4 is 0 Å². The van der Waals surface area contributed by atoms with Gasteiger partial charge in [0.15, 0.2) is 0 Å². The summed E-state index contributed by atoms with van der Waals surface area (Å²) in [7, 11) is 0. The molecule has 1 aromatic heterocycles. The number of aromatic nitrogens is 1. The lowest BCUT2D eigenvalue weighted by Gasteiger charge is -2.04. The number of carbonyl (C=O) groups excluding carboxylic acids is 1. The Hall–Kier alpha value is -0.610. The van der Waals surface area contributed by atoms with Gasteiger partial charge in [-0.25, -0.2) is 0 Å². The monoisotopic (exact) mass is 307 g/mol. The Labute approximate surface area is 109 Å². The topological polar surface area (TPSA) is 39.2 Å². The van der Waals surface area contributed by atoms with Gasteiger partial charge >= 0.3 is 5.97 Å². The van der Waals surface area contributed by atoms with Gasteiger partial charge in [-0.2, -0.15) is 0 Å². The van der Waals surface area contributed by atoms with Crippen molar-refractivity contribution in [1.29, 1.82) is 0 Å². The summed E-state index contributed by atoms with van der Waals surface area (Å²) in [5.74, 6) is -0.246. The van der Waals surface area contributed by atoms with Gasteiger partial charge in [-0.15, -0.1) is 11.6 Å². The van der Waals surface area contributed by atoms with E-state index in [0.717, 1.165) is 10.0 Å². The third-order valence-electron chi connectivity index (χ3n) is 1.67. The van der Waals surface area contributed by atoms with Crippen LogP contribution in [0.5, 0.6) is 0 Å². The van der Waals surface area contributed by atoms with E-state index < -0.39 is 0 Å². The van der Waals surface area contributed by atoms with Gasteiger partial charge in [-0.05, 0) is 41.4 Å². The minimum Gasteiger partial charge on any atom is -0.466 e. The molecule has 5 heteroatoms. The Kier molecular flexibility index (Phi) is 8.21. The van der Waals surface area contributed by atoms with Crippen LogP contribution >= 0.6 is 27.5 Å². The standard InChI is InChI=1S/C10H12BrNO2.CH3Cl/c1-3-14-10(13)5-9-8(11)4-7(2)6-12-9;1-2/h4,6H,3,5H2,1-2H3;1H3. The van der Waals surface area contributed by atoms with E-state index in [1.807, 2.05) is 13.0 Å². The van der Waals surface area contributed by atoms with Crippen LogP contribution in [0.25, 0.3) is 0 Å². The minimum atomic E-state index is -0.246. The van der Waals surface area contributed by atoms with E-state index in [2.05, 4.69) is 32.5 Å². The summed E-state index contributed by atoms with van der Waals surface area (Å²) < 4.78 is 5.68. The molecule has 0 radical (unpaired) electrons. The lowest BCUT2D eigenvalue weighted by Crippen LogP contribution is -2.09. The zero-order chi connectivity index (χ0) is 12.6. The highest BCUT2D eigenvalue weighted by atomic mass is 79.9. The largest absolute Gasteiger partial charge is 0.466 e. The molecule has 0 unspecified atom stereocenters. The number of aryl methyl sites for hydroxylation is 1. The summed E-state index contributed by atoms with van der Waals surface area (Å²) in [6.45, 7) is 4.14. The molecule has 0 saturated heterocycles. The molecule has 0 aliphatic heterocycles. The number of alkyl halides is 1. The first-order chi connectivity index (χ1) is 7.63. The fourth-order valence-corrected chi connectivity index (χ4v) is 1.64. The van der Waals surface area contributed by atoms with Gasteiger partial charge < -0.3 is 4.74 Å². The Morgan fingerprint density at radius 1 is 1.56 bits per heavy atom. The highest BCUT2D eigenvalue weighted by Crippen LogP contribution is 2.16. The second-order valence-electron chi connectivity index (χ2n) is 2.92. The van der Waals surface area contributed by atoms with Crippen LogP contribution in [-0.4, -0.2) is 23.9 Å². The molecule has 0 N–H and O–H groups in total. The van der Waals surface area contributed by atoms with Crippen molar-refractivity contribution in [2.45, 2.75) is 20.3 Å². The third kappa shape index (κ3) is 5.47. The summed E-state index contributed by atoms with van der Waals surface area (Å²) in [5.41, 5.74) is 1.78. The lowest BCUT2D eigenvalue weighted by molar-refractivity contribution is -0.142. The molecule has 0 atom stereocenters. The maximum absolute atomic E-state index is 11.2. The van der Waals surface area contributed by atoms with Crippen LogP contribution in [0.2, 0.25) is 0 Å². The average Bonchev–Trinajstić information content (AvgIpc) is 2.26. The number of nitrogens with zero attached hydrogens (tertiary/aromatic N) is 1. The maximum atomic E-state index is 11.2. The number of halogens is 2. The van der Waals surface area contributed by atoms with Crippen LogP contribution in [-0.2, 0) is 16.0 Å². The van der Waals surface area contributed by atoms with Crippen molar-refractivity contribution in [1.82, 2.24) is 4.98 Å². The van der Waals surface area contributed by atoms with E-state index in [1.165, 1.54) is 6.38 Å². The van der Waals surface area contributed by atoms with E-state index in [1.54, 1.807) is 13.1 Å². The van der Waals surface area contributed by atoms with E-state index in [4.69, 9.17) is 4.74 Å². The number of hydrogen-bond acceptors (Lipinski definition) is 3. The van der Waals surface area contributed by atoms with Crippen LogP contribution in [0, 0.1) is 6.92 Å². The fourth-order valence-electron chi connectivity index (χ4n) is 1.04. The van der Waals surface area contributed by atoms with Crippen molar-refractivity contribution in [2.75, 3.05) is 13.0 Å². The van der Waals surface area contributed by atoms with Crippen molar-refractivity contribution in [2.24, 2.45) is 0 Å². The number of pyridine rings is 1. The summed E-state index contributed by atoms with van der Waals surface area (Å²) in [6.07, 6.45) is 3.42. The van der Waals surface area contributed by atoms with Gasteiger partial charge in [-0.1, -0.05) is 0 Å². The predicted molar refractivity (Wildman–Crippen MR) is 68.8 cm³/mol. The molecular weight excluding hydrogens is 293 g/mol. The van der Waals surface area contributed by atoms with E-state index in [0.29, 0.717) is 12.3 Å². The molecule has 0 amide bonds. The maximum Gasteiger partial charge on any atom is 0.311 e. The van der Waals surface area contributed by atoms with Crippen molar-refractivity contribution in [3.05, 3.63) is 28.0 Å². The van der Waals surface area contributed by atoms with Crippen LogP contribution in [0.4, 0.5) is 0 Å². The van der Waals surface area contributed by atoms with Crippen LogP contribution in [0.15, 0.2) is 16.7 Å². The Balaban J connectivity index is 0.00000106. The quantitative estimate of drug-likeness (QED) is 0.636. The number of ether oxygens (including phenoxy) is 1. The number of esters is 1. The first-order valence-corrected chi connectivity index (χ1v) is 6.32. The van der Waals surface area contributed by atoms with E-state index >= 15 is 0 Å². The fraction of sp³-hybridized carbons (Fsp3) is 0.455. The summed E-state index contributed by atoms with van der Waals surface area (Å²) in [6, 6.07) is 1.93. The summed E-state index contributed by atoms with van der Waals surface area (Å²) >= 11 is 8.00. The van der Waals surface area contributed by atoms with Gasteiger partial charge in [0.05, 0.1) is 18.7 Å². The van der Waals surface area contributed by atoms with Crippen molar-refractivity contribution >= 4 is 33.5 Å². The molecule has 90 valence electrons. The second-order valence-corrected chi connectivity index (χ2v) is 3.78. The Bertz CT molecular complexity index is 345. The molecule has 1 heterocycles. The highest BCUT2D eigenvalue weighted by Gasteiger charge is 2.08. The molecule has 0 aromatic carbocycles. The highest BCUT2D eigenvalue weighted by molar-refractivity contribution is 9.10. The summed E-state index contributed by atoms with van der Waals surface area (Å²) in [4.78, 5) is 15.3. The van der Waals surface area contributed by atoms with Gasteiger partial charge in [0.25, 0.3) is 0 Å². The van der Waals surface area contributed by atoms with Crippen molar-refractivity contribution in [3.8, 4) is 0 Å². The molecule has 16 heavy (non-hydrogen) atoms. The van der Waals surface area contributed by atoms with Crippen molar-refractivity contribution < 1.29 is 9.53 Å². The molecule has 0 fully saturated rings. The average molecular weight is 309 g/mol. The molecule has 0 bridgehead atoms. The first kappa shape index (κ1) is 15.4. The molecule has 3 nitrogen and oxygen atoms in total. The SMILES string of the molecule is CCOC(=O)Cc1ncc(C)cc1Br.CCl. The van der Waals surface area contributed by atoms with Gasteiger partial charge in [0.1, 0.15) is 0 Å². The predicted octanol–water partition coefficient (Wildman–Crippen LogP) is 3.11. The van der Waals surface area contributed by atoms with Gasteiger partial charge in [0, 0.05) is 17.1 Å². The zero-order valence-electron chi connectivity index (χ0n) is 9.59. The van der Waals surface area contributed by atoms with E-state index in [9.17, 15) is 4.79 Å². The van der Waals surface area contributed by atoms with Gasteiger partial charge in [0.2, 0.25) is 0 Å². The third-order valence-corrected chi connectivity index (χ3v) is 2.36. The first-order valence-electron chi connectivity index (χ1n) is 4.78. The van der Waals surface area contributed by atoms with Crippen LogP contribution in [0.3, 0.4) is 0 Å². The zero-order valence-corrected chi connectivity index (χ0v) is 11.9. The number of rotatable bonds is 3. The molecule has 0 aliphatic rings. The summed E-state index contributed by atoms with van der Waals surface area (Å²) in [5, 5.41) is 0. The molecule has 0 saturated carbocycles.